The van der Waals surface area contributed by atoms with Gasteiger partial charge in [0.25, 0.3) is 5.91 Å². The van der Waals surface area contributed by atoms with Gasteiger partial charge in [-0.05, 0) is 25.1 Å². The molecule has 2 heterocycles. The summed E-state index contributed by atoms with van der Waals surface area (Å²) >= 11 is 0. The van der Waals surface area contributed by atoms with Crippen LogP contribution in [0.2, 0.25) is 0 Å². The van der Waals surface area contributed by atoms with Crippen molar-refractivity contribution in [1.82, 2.24) is 14.9 Å². The van der Waals surface area contributed by atoms with Crippen LogP contribution in [0.15, 0.2) is 30.3 Å². The van der Waals surface area contributed by atoms with Crippen LogP contribution in [0.25, 0.3) is 0 Å². The van der Waals surface area contributed by atoms with Crippen LogP contribution in [0.5, 0.6) is 5.75 Å². The Kier molecular flexibility index (Phi) is 6.56. The maximum Gasteiger partial charge on any atom is 0.274 e. The average Bonchev–Trinajstić information content (AvgIpc) is 2.69. The number of aryl methyl sites for hydroxylation is 1. The van der Waals surface area contributed by atoms with Crippen molar-refractivity contribution >= 4 is 17.5 Å². The molecular weight excluding hydrogens is 346 g/mol. The number of anilines is 2. The van der Waals surface area contributed by atoms with E-state index in [1.165, 1.54) is 0 Å². The molecule has 8 heteroatoms. The summed E-state index contributed by atoms with van der Waals surface area (Å²) in [7, 11) is 1.57. The molecule has 0 radical (unpaired) electrons. The third-order valence-corrected chi connectivity index (χ3v) is 4.26. The zero-order valence-electron chi connectivity index (χ0n) is 15.7. The lowest BCUT2D eigenvalue weighted by Gasteiger charge is -2.26. The molecule has 1 fully saturated rings. The summed E-state index contributed by atoms with van der Waals surface area (Å²) in [5.41, 5.74) is 1.63. The summed E-state index contributed by atoms with van der Waals surface area (Å²) in [6.45, 7) is 6.84. The number of hydrogen-bond donors (Lipinski definition) is 2. The van der Waals surface area contributed by atoms with Gasteiger partial charge in [0.1, 0.15) is 11.4 Å². The predicted octanol–water partition coefficient (Wildman–Crippen LogP) is 1.79. The minimum Gasteiger partial charge on any atom is -0.495 e. The van der Waals surface area contributed by atoms with E-state index in [9.17, 15) is 4.79 Å². The van der Waals surface area contributed by atoms with E-state index >= 15 is 0 Å². The quantitative estimate of drug-likeness (QED) is 0.767. The Balaban J connectivity index is 1.62. The number of carbonyl (C=O) groups is 1. The average molecular weight is 371 g/mol. The Morgan fingerprint density at radius 1 is 1.26 bits per heavy atom. The minimum atomic E-state index is -0.304. The van der Waals surface area contributed by atoms with E-state index in [2.05, 4.69) is 25.5 Å². The number of methoxy groups -OCH3 is 1. The van der Waals surface area contributed by atoms with Crippen LogP contribution >= 0.6 is 0 Å². The normalized spacial score (nSPS) is 14.6. The highest BCUT2D eigenvalue weighted by Gasteiger charge is 2.14. The van der Waals surface area contributed by atoms with E-state index in [1.54, 1.807) is 25.3 Å². The van der Waals surface area contributed by atoms with Gasteiger partial charge in [0.05, 0.1) is 26.0 Å². The molecule has 1 aliphatic rings. The fraction of sp³-hybridized carbons (Fsp3) is 0.421. The predicted molar refractivity (Wildman–Crippen MR) is 103 cm³/mol. The number of hydrogen-bond acceptors (Lipinski definition) is 7. The maximum absolute atomic E-state index is 12.6. The van der Waals surface area contributed by atoms with E-state index in [0.717, 1.165) is 38.5 Å². The molecular formula is C19H25N5O3. The summed E-state index contributed by atoms with van der Waals surface area (Å²) < 4.78 is 10.6. The molecule has 1 aromatic carbocycles. The zero-order valence-corrected chi connectivity index (χ0v) is 15.7. The molecule has 2 N–H and O–H groups in total. The molecule has 0 spiro atoms. The molecule has 0 saturated carbocycles. The van der Waals surface area contributed by atoms with Gasteiger partial charge < -0.3 is 20.1 Å². The van der Waals surface area contributed by atoms with Gasteiger partial charge in [0, 0.05) is 31.9 Å². The fourth-order valence-corrected chi connectivity index (χ4v) is 2.85. The molecule has 1 amide bonds. The standard InChI is InChI=1S/C19H25N5O3/c1-14-13-16(18(25)22-15-5-3-4-6-17(15)26-2)23-19(21-14)20-7-8-24-9-11-27-12-10-24/h3-6,13H,7-12H2,1-2H3,(H,22,25)(H,20,21,23). The number of para-hydroxylation sites is 2. The maximum atomic E-state index is 12.6. The third kappa shape index (κ3) is 5.38. The number of morpholine rings is 1. The number of nitrogens with zero attached hydrogens (tertiary/aromatic N) is 3. The van der Waals surface area contributed by atoms with Crippen molar-refractivity contribution in [2.75, 3.05) is 57.1 Å². The number of benzene rings is 1. The van der Waals surface area contributed by atoms with Crippen molar-refractivity contribution in [2.45, 2.75) is 6.92 Å². The molecule has 144 valence electrons. The lowest BCUT2D eigenvalue weighted by molar-refractivity contribution is 0.0398. The first-order chi connectivity index (χ1) is 13.2. The van der Waals surface area contributed by atoms with Crippen LogP contribution in [0.4, 0.5) is 11.6 Å². The van der Waals surface area contributed by atoms with Gasteiger partial charge in [-0.25, -0.2) is 9.97 Å². The van der Waals surface area contributed by atoms with Gasteiger partial charge in [-0.2, -0.15) is 0 Å². The van der Waals surface area contributed by atoms with Gasteiger partial charge in [-0.3, -0.25) is 9.69 Å². The Bertz CT molecular complexity index is 778. The monoisotopic (exact) mass is 371 g/mol. The molecule has 0 unspecified atom stereocenters. The first-order valence-corrected chi connectivity index (χ1v) is 9.00. The highest BCUT2D eigenvalue weighted by molar-refractivity contribution is 6.03. The first kappa shape index (κ1) is 19.1. The Morgan fingerprint density at radius 3 is 2.81 bits per heavy atom. The molecule has 27 heavy (non-hydrogen) atoms. The molecule has 1 aliphatic heterocycles. The highest BCUT2D eigenvalue weighted by Crippen LogP contribution is 2.23. The number of rotatable bonds is 7. The number of aromatic nitrogens is 2. The van der Waals surface area contributed by atoms with Crippen LogP contribution < -0.4 is 15.4 Å². The largest absolute Gasteiger partial charge is 0.495 e. The molecule has 1 saturated heterocycles. The molecule has 0 bridgehead atoms. The van der Waals surface area contributed by atoms with Crippen molar-refractivity contribution < 1.29 is 14.3 Å². The van der Waals surface area contributed by atoms with E-state index < -0.39 is 0 Å². The minimum absolute atomic E-state index is 0.304. The van der Waals surface area contributed by atoms with Crippen LogP contribution in [0, 0.1) is 6.92 Å². The van der Waals surface area contributed by atoms with Gasteiger partial charge in [0.2, 0.25) is 5.95 Å². The summed E-state index contributed by atoms with van der Waals surface area (Å²) in [5, 5.41) is 6.04. The lowest BCUT2D eigenvalue weighted by atomic mass is 10.2. The highest BCUT2D eigenvalue weighted by atomic mass is 16.5. The second-order valence-electron chi connectivity index (χ2n) is 6.25. The lowest BCUT2D eigenvalue weighted by Crippen LogP contribution is -2.39. The molecule has 0 aliphatic carbocycles. The summed E-state index contributed by atoms with van der Waals surface area (Å²) in [6.07, 6.45) is 0. The fourth-order valence-electron chi connectivity index (χ4n) is 2.85. The van der Waals surface area contributed by atoms with Crippen molar-refractivity contribution in [3.05, 3.63) is 41.7 Å². The van der Waals surface area contributed by atoms with E-state index in [4.69, 9.17) is 9.47 Å². The molecule has 2 aromatic rings. The molecule has 0 atom stereocenters. The van der Waals surface area contributed by atoms with Crippen LogP contribution in [-0.2, 0) is 4.74 Å². The molecule has 3 rings (SSSR count). The molecule has 1 aromatic heterocycles. The Morgan fingerprint density at radius 2 is 2.04 bits per heavy atom. The topological polar surface area (TPSA) is 88.6 Å². The Labute approximate surface area is 158 Å². The number of ether oxygens (including phenoxy) is 2. The van der Waals surface area contributed by atoms with Crippen molar-refractivity contribution in [3.63, 3.8) is 0 Å². The third-order valence-electron chi connectivity index (χ3n) is 4.26. The van der Waals surface area contributed by atoms with Crippen molar-refractivity contribution in [3.8, 4) is 5.75 Å². The van der Waals surface area contributed by atoms with Gasteiger partial charge in [-0.1, -0.05) is 12.1 Å². The smallest absolute Gasteiger partial charge is 0.274 e. The van der Waals surface area contributed by atoms with E-state index in [0.29, 0.717) is 29.6 Å². The summed E-state index contributed by atoms with van der Waals surface area (Å²) in [6, 6.07) is 8.92. The van der Waals surface area contributed by atoms with Crippen LogP contribution in [0.3, 0.4) is 0 Å². The van der Waals surface area contributed by atoms with Crippen LogP contribution in [0.1, 0.15) is 16.2 Å². The first-order valence-electron chi connectivity index (χ1n) is 9.00. The summed E-state index contributed by atoms with van der Waals surface area (Å²) in [5.74, 6) is 0.746. The van der Waals surface area contributed by atoms with E-state index in [1.807, 2.05) is 19.1 Å². The van der Waals surface area contributed by atoms with Crippen molar-refractivity contribution in [2.24, 2.45) is 0 Å². The summed E-state index contributed by atoms with van der Waals surface area (Å²) in [4.78, 5) is 23.6. The van der Waals surface area contributed by atoms with Gasteiger partial charge in [-0.15, -0.1) is 0 Å². The van der Waals surface area contributed by atoms with Gasteiger partial charge >= 0.3 is 0 Å². The number of nitrogens with one attached hydrogen (secondary N) is 2. The van der Waals surface area contributed by atoms with Gasteiger partial charge in [0.15, 0.2) is 0 Å². The zero-order chi connectivity index (χ0) is 19.1. The second kappa shape index (κ2) is 9.29. The second-order valence-corrected chi connectivity index (χ2v) is 6.25. The molecule has 8 nitrogen and oxygen atoms in total. The van der Waals surface area contributed by atoms with Crippen molar-refractivity contribution in [1.29, 1.82) is 0 Å². The number of amides is 1. The Hall–Kier alpha value is -2.71. The number of carbonyl (C=O) groups excluding carboxylic acids is 1. The van der Waals surface area contributed by atoms with E-state index in [-0.39, 0.29) is 5.91 Å². The van der Waals surface area contributed by atoms with Crippen LogP contribution in [-0.4, -0.2) is 67.3 Å². The SMILES string of the molecule is COc1ccccc1NC(=O)c1cc(C)nc(NCCN2CCOCC2)n1.